The zero-order chi connectivity index (χ0) is 21.2. The van der Waals surface area contributed by atoms with Gasteiger partial charge in [0, 0.05) is 22.8 Å². The number of rotatable bonds is 3. The van der Waals surface area contributed by atoms with Crippen LogP contribution in [-0.4, -0.2) is 29.5 Å². The van der Waals surface area contributed by atoms with Crippen LogP contribution in [0.3, 0.4) is 0 Å². The van der Waals surface area contributed by atoms with E-state index in [4.69, 9.17) is 14.3 Å². The molecule has 4 rings (SSSR count). The molecule has 2 aliphatic carbocycles. The molecule has 0 aromatic carbocycles. The Hall–Kier alpha value is -1.08. The summed E-state index contributed by atoms with van der Waals surface area (Å²) in [5.74, 6) is -1.09. The second kappa shape index (κ2) is 6.71. The minimum Gasteiger partial charge on any atom is -0.399 e. The Morgan fingerprint density at radius 1 is 0.966 bits per heavy atom. The van der Waals surface area contributed by atoms with Crippen molar-refractivity contribution >= 4 is 12.6 Å². The normalized spacial score (nSPS) is 30.4. The molecule has 2 heterocycles. The van der Waals surface area contributed by atoms with Crippen LogP contribution in [0.2, 0.25) is 0 Å². The van der Waals surface area contributed by atoms with Gasteiger partial charge < -0.3 is 9.31 Å². The molecule has 160 valence electrons. The molecule has 7 heteroatoms. The lowest BCUT2D eigenvalue weighted by Crippen LogP contribution is -2.41. The molecule has 0 spiro atoms. The van der Waals surface area contributed by atoms with E-state index in [2.05, 4.69) is 13.0 Å². The predicted molar refractivity (Wildman–Crippen MR) is 107 cm³/mol. The molecular formula is C22H31BF3NO2. The van der Waals surface area contributed by atoms with Gasteiger partial charge in [0.25, 0.3) is 0 Å². The van der Waals surface area contributed by atoms with Crippen molar-refractivity contribution in [3.05, 3.63) is 23.5 Å². The molecule has 1 aromatic heterocycles. The van der Waals surface area contributed by atoms with Gasteiger partial charge in [0.2, 0.25) is 0 Å². The van der Waals surface area contributed by atoms with Crippen molar-refractivity contribution in [3.8, 4) is 0 Å². The van der Waals surface area contributed by atoms with Gasteiger partial charge in [0.15, 0.2) is 0 Å². The summed E-state index contributed by atoms with van der Waals surface area (Å²) in [5.41, 5.74) is 2.17. The highest BCUT2D eigenvalue weighted by atomic mass is 19.4. The van der Waals surface area contributed by atoms with Crippen molar-refractivity contribution < 1.29 is 22.5 Å². The summed E-state index contributed by atoms with van der Waals surface area (Å²) < 4.78 is 51.9. The number of hydrogen-bond donors (Lipinski definition) is 0. The Balaban J connectivity index is 1.65. The molecule has 0 atom stereocenters. The minimum atomic E-state index is -4.09. The zero-order valence-electron chi connectivity index (χ0n) is 18.0. The molecule has 0 unspecified atom stereocenters. The standard InChI is InChI=1S/C22H31BF3NO2/c1-19(2)20(3,4)29-23(28-19)17-13-27-18(21(5)10-11-21)12-16(17)14-6-8-15(9-7-14)22(24,25)26/h12-15H,6-11H2,1-5H3. The van der Waals surface area contributed by atoms with Crippen LogP contribution >= 0.6 is 0 Å². The summed E-state index contributed by atoms with van der Waals surface area (Å²) in [6.07, 6.45) is 1.42. The molecule has 3 aliphatic rings. The van der Waals surface area contributed by atoms with Gasteiger partial charge in [0.1, 0.15) is 0 Å². The van der Waals surface area contributed by atoms with E-state index in [1.165, 1.54) is 0 Å². The molecule has 3 nitrogen and oxygen atoms in total. The number of hydrogen-bond acceptors (Lipinski definition) is 3. The Morgan fingerprint density at radius 2 is 1.52 bits per heavy atom. The molecule has 29 heavy (non-hydrogen) atoms. The molecule has 2 saturated carbocycles. The maximum Gasteiger partial charge on any atom is 0.496 e. The lowest BCUT2D eigenvalue weighted by molar-refractivity contribution is -0.182. The van der Waals surface area contributed by atoms with Crippen LogP contribution in [0.1, 0.15) is 90.3 Å². The van der Waals surface area contributed by atoms with Crippen LogP contribution in [0.4, 0.5) is 13.2 Å². The zero-order valence-corrected chi connectivity index (χ0v) is 18.0. The van der Waals surface area contributed by atoms with Crippen LogP contribution in [0, 0.1) is 5.92 Å². The predicted octanol–water partition coefficient (Wildman–Crippen LogP) is 5.27. The van der Waals surface area contributed by atoms with Gasteiger partial charge in [-0.15, -0.1) is 0 Å². The average molecular weight is 409 g/mol. The number of halogens is 3. The van der Waals surface area contributed by atoms with Crippen molar-refractivity contribution in [2.24, 2.45) is 5.92 Å². The first-order chi connectivity index (χ1) is 13.3. The summed E-state index contributed by atoms with van der Waals surface area (Å²) in [6, 6.07) is 2.13. The summed E-state index contributed by atoms with van der Waals surface area (Å²) in [4.78, 5) is 4.72. The fraction of sp³-hybridized carbons (Fsp3) is 0.773. The van der Waals surface area contributed by atoms with Crippen molar-refractivity contribution in [2.45, 2.75) is 102 Å². The molecule has 0 radical (unpaired) electrons. The second-order valence-electron chi connectivity index (χ2n) is 10.4. The highest BCUT2D eigenvalue weighted by molar-refractivity contribution is 6.62. The lowest BCUT2D eigenvalue weighted by Gasteiger charge is -2.32. The van der Waals surface area contributed by atoms with E-state index in [1.807, 2.05) is 33.9 Å². The molecule has 0 bridgehead atoms. The maximum absolute atomic E-state index is 13.1. The smallest absolute Gasteiger partial charge is 0.399 e. The Morgan fingerprint density at radius 3 is 2.00 bits per heavy atom. The lowest BCUT2D eigenvalue weighted by atomic mass is 9.69. The maximum atomic E-state index is 13.1. The van der Waals surface area contributed by atoms with E-state index in [0.29, 0.717) is 12.8 Å². The first kappa shape index (κ1) is 21.2. The van der Waals surface area contributed by atoms with Crippen LogP contribution in [-0.2, 0) is 14.7 Å². The monoisotopic (exact) mass is 409 g/mol. The van der Waals surface area contributed by atoms with Crippen molar-refractivity contribution in [2.75, 3.05) is 0 Å². The van der Waals surface area contributed by atoms with Gasteiger partial charge in [-0.1, -0.05) is 6.92 Å². The SMILES string of the molecule is CC1(c2cc(C3CCC(C(F)(F)F)CC3)c(B3OC(C)(C)C(C)(C)O3)cn2)CC1. The van der Waals surface area contributed by atoms with Crippen LogP contribution < -0.4 is 5.46 Å². The Labute approximate surface area is 171 Å². The van der Waals surface area contributed by atoms with Gasteiger partial charge in [-0.2, -0.15) is 13.2 Å². The highest BCUT2D eigenvalue weighted by Crippen LogP contribution is 2.48. The van der Waals surface area contributed by atoms with Crippen LogP contribution in [0.5, 0.6) is 0 Å². The van der Waals surface area contributed by atoms with Crippen molar-refractivity contribution in [1.29, 1.82) is 0 Å². The molecule has 0 N–H and O–H groups in total. The summed E-state index contributed by atoms with van der Waals surface area (Å²) in [7, 11) is -0.538. The summed E-state index contributed by atoms with van der Waals surface area (Å²) in [6.45, 7) is 10.2. The van der Waals surface area contributed by atoms with Crippen molar-refractivity contribution in [1.82, 2.24) is 4.98 Å². The first-order valence-electron chi connectivity index (χ1n) is 10.8. The third-order valence-corrected chi connectivity index (χ3v) is 7.72. The third-order valence-electron chi connectivity index (χ3n) is 7.72. The van der Waals surface area contributed by atoms with E-state index in [9.17, 15) is 13.2 Å². The first-order valence-corrected chi connectivity index (χ1v) is 10.8. The van der Waals surface area contributed by atoms with E-state index >= 15 is 0 Å². The fourth-order valence-corrected chi connectivity index (χ4v) is 4.51. The largest absolute Gasteiger partial charge is 0.496 e. The molecule has 0 amide bonds. The number of pyridine rings is 1. The third kappa shape index (κ3) is 3.85. The Kier molecular flexibility index (Phi) is 4.90. The highest BCUT2D eigenvalue weighted by Gasteiger charge is 2.53. The van der Waals surface area contributed by atoms with E-state index in [1.54, 1.807) is 0 Å². The molecule has 1 saturated heterocycles. The van der Waals surface area contributed by atoms with Crippen LogP contribution in [0.25, 0.3) is 0 Å². The summed E-state index contributed by atoms with van der Waals surface area (Å²) >= 11 is 0. The molecule has 1 aliphatic heterocycles. The second-order valence-corrected chi connectivity index (χ2v) is 10.4. The van der Waals surface area contributed by atoms with E-state index < -0.39 is 30.4 Å². The minimum absolute atomic E-state index is 0.0896. The topological polar surface area (TPSA) is 31.4 Å². The van der Waals surface area contributed by atoms with Crippen molar-refractivity contribution in [3.63, 3.8) is 0 Å². The summed E-state index contributed by atoms with van der Waals surface area (Å²) in [5, 5.41) is 0. The number of alkyl halides is 3. The fourth-order valence-electron chi connectivity index (χ4n) is 4.51. The van der Waals surface area contributed by atoms with E-state index in [0.717, 1.165) is 29.6 Å². The molecular weight excluding hydrogens is 378 g/mol. The number of aromatic nitrogens is 1. The van der Waals surface area contributed by atoms with Gasteiger partial charge in [-0.25, -0.2) is 0 Å². The van der Waals surface area contributed by atoms with Crippen LogP contribution in [0.15, 0.2) is 12.3 Å². The van der Waals surface area contributed by atoms with Gasteiger partial charge in [-0.05, 0) is 83.8 Å². The molecule has 3 fully saturated rings. The van der Waals surface area contributed by atoms with E-state index in [-0.39, 0.29) is 24.2 Å². The quantitative estimate of drug-likeness (QED) is 0.638. The Bertz CT molecular complexity index is 765. The van der Waals surface area contributed by atoms with Gasteiger partial charge >= 0.3 is 13.3 Å². The number of nitrogens with zero attached hydrogens (tertiary/aromatic N) is 1. The molecule has 1 aromatic rings. The average Bonchev–Trinajstić information content (AvgIpc) is 3.33. The van der Waals surface area contributed by atoms with Gasteiger partial charge in [-0.3, -0.25) is 4.98 Å². The van der Waals surface area contributed by atoms with Gasteiger partial charge in [0.05, 0.1) is 17.1 Å².